The van der Waals surface area contributed by atoms with Gasteiger partial charge in [-0.25, -0.2) is 18.2 Å². The van der Waals surface area contributed by atoms with Crippen LogP contribution in [0.25, 0.3) is 0 Å². The van der Waals surface area contributed by atoms with Gasteiger partial charge in [0.1, 0.15) is 11.5 Å². The van der Waals surface area contributed by atoms with Gasteiger partial charge in [-0.3, -0.25) is 4.79 Å². The molecule has 14 heavy (non-hydrogen) atoms. The molecule has 0 aromatic carbocycles. The summed E-state index contributed by atoms with van der Waals surface area (Å²) < 4.78 is 37.6. The summed E-state index contributed by atoms with van der Waals surface area (Å²) in [5.41, 5.74) is -1.36. The summed E-state index contributed by atoms with van der Waals surface area (Å²) in [6.45, 7) is 0. The first-order chi connectivity index (χ1) is 6.60. The maximum Gasteiger partial charge on any atom is 0.281 e. The number of hydrogen-bond donors (Lipinski definition) is 0. The Morgan fingerprint density at radius 2 is 2.21 bits per heavy atom. The van der Waals surface area contributed by atoms with Gasteiger partial charge in [0.15, 0.2) is 6.29 Å². The number of aldehydes is 1. The number of aromatic nitrogens is 1. The van der Waals surface area contributed by atoms with Gasteiger partial charge in [-0.1, -0.05) is 15.9 Å². The molecular formula is C8H5BrF3NO. The van der Waals surface area contributed by atoms with E-state index < -0.39 is 23.5 Å². The molecule has 0 saturated carbocycles. The molecule has 0 aliphatic rings. The number of carbonyl (C=O) groups is 1. The number of rotatable bonds is 3. The molecule has 0 bridgehead atoms. The van der Waals surface area contributed by atoms with Gasteiger partial charge in [-0.05, 0) is 6.07 Å². The number of alkyl halides is 3. The Hall–Kier alpha value is -0.910. The van der Waals surface area contributed by atoms with E-state index in [1.807, 2.05) is 0 Å². The first-order valence-electron chi connectivity index (χ1n) is 3.58. The van der Waals surface area contributed by atoms with E-state index in [9.17, 15) is 18.0 Å². The predicted octanol–water partition coefficient (Wildman–Crippen LogP) is 2.87. The molecule has 0 aliphatic carbocycles. The van der Waals surface area contributed by atoms with E-state index in [-0.39, 0.29) is 17.3 Å². The molecule has 0 N–H and O–H groups in total. The minimum atomic E-state index is -2.95. The van der Waals surface area contributed by atoms with Crippen LogP contribution < -0.4 is 0 Å². The molecule has 1 rings (SSSR count). The smallest absolute Gasteiger partial charge is 0.281 e. The number of hydrogen-bond acceptors (Lipinski definition) is 2. The third-order valence-electron chi connectivity index (χ3n) is 1.55. The largest absolute Gasteiger partial charge is 0.298 e. The van der Waals surface area contributed by atoms with Gasteiger partial charge in [-0.2, -0.15) is 0 Å². The molecular weight excluding hydrogens is 263 g/mol. The minimum absolute atomic E-state index is 0.0435. The lowest BCUT2D eigenvalue weighted by molar-refractivity contribution is 0.109. The fourth-order valence-corrected chi connectivity index (χ4v) is 1.23. The van der Waals surface area contributed by atoms with Crippen LogP contribution in [-0.2, 0) is 5.33 Å². The number of carbonyl (C=O) groups excluding carboxylic acids is 1. The molecule has 0 saturated heterocycles. The highest BCUT2D eigenvalue weighted by atomic mass is 79.9. The molecule has 0 atom stereocenters. The molecule has 0 aliphatic heterocycles. The first kappa shape index (κ1) is 11.2. The highest BCUT2D eigenvalue weighted by molar-refractivity contribution is 9.08. The molecule has 76 valence electrons. The zero-order chi connectivity index (χ0) is 10.7. The van der Waals surface area contributed by atoms with Crippen LogP contribution in [0.1, 0.15) is 28.2 Å². The third-order valence-corrected chi connectivity index (χ3v) is 2.13. The molecule has 0 spiro atoms. The Kier molecular flexibility index (Phi) is 3.62. The van der Waals surface area contributed by atoms with E-state index in [1.165, 1.54) is 0 Å². The fraction of sp³-hybridized carbons (Fsp3) is 0.250. The molecule has 0 fully saturated rings. The molecule has 1 heterocycles. The molecule has 1 aromatic rings. The standard InChI is InChI=1S/C8H5BrF3NO/c9-2-4-1-6(10)5(3-14)7(13-4)8(11)12/h1,3,8H,2H2. The van der Waals surface area contributed by atoms with Crippen molar-refractivity contribution < 1.29 is 18.0 Å². The second-order valence-corrected chi connectivity index (χ2v) is 3.01. The van der Waals surface area contributed by atoms with Crippen LogP contribution >= 0.6 is 15.9 Å². The highest BCUT2D eigenvalue weighted by Crippen LogP contribution is 2.23. The van der Waals surface area contributed by atoms with Crippen molar-refractivity contribution in [2.75, 3.05) is 0 Å². The van der Waals surface area contributed by atoms with Crippen LogP contribution in [0, 0.1) is 5.82 Å². The lowest BCUT2D eigenvalue weighted by Crippen LogP contribution is -2.04. The van der Waals surface area contributed by atoms with Crippen molar-refractivity contribution in [2.45, 2.75) is 11.8 Å². The predicted molar refractivity (Wildman–Crippen MR) is 47.2 cm³/mol. The van der Waals surface area contributed by atoms with Gasteiger partial charge in [0.05, 0.1) is 11.3 Å². The second kappa shape index (κ2) is 4.54. The summed E-state index contributed by atoms with van der Waals surface area (Å²) in [6, 6.07) is 0.949. The Bertz CT molecular complexity index is 357. The van der Waals surface area contributed by atoms with Crippen molar-refractivity contribution in [3.63, 3.8) is 0 Å². The Morgan fingerprint density at radius 3 is 2.64 bits per heavy atom. The van der Waals surface area contributed by atoms with Crippen molar-refractivity contribution in [3.05, 3.63) is 28.8 Å². The zero-order valence-corrected chi connectivity index (χ0v) is 8.39. The summed E-state index contributed by atoms with van der Waals surface area (Å²) in [4.78, 5) is 13.8. The van der Waals surface area contributed by atoms with Crippen LogP contribution in [0.15, 0.2) is 6.07 Å². The summed E-state index contributed by atoms with van der Waals surface area (Å²) in [5.74, 6) is -0.972. The fourth-order valence-electron chi connectivity index (χ4n) is 0.945. The summed E-state index contributed by atoms with van der Waals surface area (Å²) >= 11 is 2.96. The van der Waals surface area contributed by atoms with Crippen molar-refractivity contribution in [2.24, 2.45) is 0 Å². The summed E-state index contributed by atoms with van der Waals surface area (Å²) in [5, 5.41) is 0.156. The topological polar surface area (TPSA) is 30.0 Å². The van der Waals surface area contributed by atoms with Crippen LogP contribution in [0.5, 0.6) is 0 Å². The maximum atomic E-state index is 13.0. The Balaban J connectivity index is 3.35. The van der Waals surface area contributed by atoms with Crippen molar-refractivity contribution in [1.29, 1.82) is 0 Å². The molecule has 2 nitrogen and oxygen atoms in total. The SMILES string of the molecule is O=Cc1c(F)cc(CBr)nc1C(F)F. The Labute approximate surface area is 86.3 Å². The molecule has 0 amide bonds. The van der Waals surface area contributed by atoms with Gasteiger partial charge in [0.2, 0.25) is 0 Å². The lowest BCUT2D eigenvalue weighted by Gasteiger charge is -2.05. The van der Waals surface area contributed by atoms with Gasteiger partial charge < -0.3 is 0 Å². The van der Waals surface area contributed by atoms with E-state index in [4.69, 9.17) is 0 Å². The van der Waals surface area contributed by atoms with Gasteiger partial charge in [0.25, 0.3) is 6.43 Å². The van der Waals surface area contributed by atoms with Crippen LogP contribution in [-0.4, -0.2) is 11.3 Å². The van der Waals surface area contributed by atoms with Crippen molar-refractivity contribution in [3.8, 4) is 0 Å². The average molecular weight is 268 g/mol. The monoisotopic (exact) mass is 267 g/mol. The number of nitrogens with zero attached hydrogens (tertiary/aromatic N) is 1. The average Bonchev–Trinajstić information content (AvgIpc) is 2.16. The summed E-state index contributed by atoms with van der Waals surface area (Å²) in [7, 11) is 0. The maximum absolute atomic E-state index is 13.0. The van der Waals surface area contributed by atoms with Gasteiger partial charge in [-0.15, -0.1) is 0 Å². The van der Waals surface area contributed by atoms with E-state index >= 15 is 0 Å². The third kappa shape index (κ3) is 2.12. The van der Waals surface area contributed by atoms with Gasteiger partial charge in [0, 0.05) is 5.33 Å². The zero-order valence-electron chi connectivity index (χ0n) is 6.81. The number of halogens is 4. The van der Waals surface area contributed by atoms with Crippen LogP contribution in [0.4, 0.5) is 13.2 Å². The molecule has 6 heteroatoms. The quantitative estimate of drug-likeness (QED) is 0.623. The van der Waals surface area contributed by atoms with Crippen LogP contribution in [0.2, 0.25) is 0 Å². The van der Waals surface area contributed by atoms with Crippen molar-refractivity contribution in [1.82, 2.24) is 4.98 Å². The highest BCUT2D eigenvalue weighted by Gasteiger charge is 2.19. The summed E-state index contributed by atoms with van der Waals surface area (Å²) in [6.07, 6.45) is -2.91. The van der Waals surface area contributed by atoms with E-state index in [0.717, 1.165) is 6.07 Å². The lowest BCUT2D eigenvalue weighted by atomic mass is 10.2. The van der Waals surface area contributed by atoms with E-state index in [0.29, 0.717) is 0 Å². The van der Waals surface area contributed by atoms with E-state index in [1.54, 1.807) is 0 Å². The first-order valence-corrected chi connectivity index (χ1v) is 4.71. The van der Waals surface area contributed by atoms with Crippen LogP contribution in [0.3, 0.4) is 0 Å². The minimum Gasteiger partial charge on any atom is -0.298 e. The van der Waals surface area contributed by atoms with Gasteiger partial charge >= 0.3 is 0 Å². The number of pyridine rings is 1. The normalized spacial score (nSPS) is 10.6. The molecule has 0 unspecified atom stereocenters. The van der Waals surface area contributed by atoms with E-state index in [2.05, 4.69) is 20.9 Å². The molecule has 1 aromatic heterocycles. The Morgan fingerprint density at radius 1 is 1.57 bits per heavy atom. The van der Waals surface area contributed by atoms with Crippen molar-refractivity contribution >= 4 is 22.2 Å². The second-order valence-electron chi connectivity index (χ2n) is 2.45. The molecule has 0 radical (unpaired) electrons.